The minimum atomic E-state index is -3.72. The van der Waals surface area contributed by atoms with Gasteiger partial charge in [-0.15, -0.1) is 0 Å². The summed E-state index contributed by atoms with van der Waals surface area (Å²) in [5.41, 5.74) is 1.06. The quantitative estimate of drug-likeness (QED) is 0.545. The maximum atomic E-state index is 12.9. The Morgan fingerprint density at radius 1 is 1.00 bits per heavy atom. The molecule has 0 spiro atoms. The Morgan fingerprint density at radius 3 is 2.11 bits per heavy atom. The van der Waals surface area contributed by atoms with Crippen LogP contribution in [-0.4, -0.2) is 43.8 Å². The molecule has 7 nitrogen and oxygen atoms in total. The van der Waals surface area contributed by atoms with Crippen molar-refractivity contribution >= 4 is 44.6 Å². The Kier molecular flexibility index (Phi) is 5.62. The summed E-state index contributed by atoms with van der Waals surface area (Å²) in [5.74, 6) is 0. The summed E-state index contributed by atoms with van der Waals surface area (Å²) in [7, 11) is -3.72. The molecule has 1 aliphatic rings. The summed E-state index contributed by atoms with van der Waals surface area (Å²) in [6.45, 7) is 3.09. The van der Waals surface area contributed by atoms with Crippen molar-refractivity contribution in [3.05, 3.63) is 62.1 Å². The van der Waals surface area contributed by atoms with Crippen molar-refractivity contribution in [3.63, 3.8) is 0 Å². The van der Waals surface area contributed by atoms with Gasteiger partial charge >= 0.3 is 0 Å². The van der Waals surface area contributed by atoms with Gasteiger partial charge in [-0.3, -0.25) is 10.1 Å². The van der Waals surface area contributed by atoms with Crippen molar-refractivity contribution in [1.82, 2.24) is 4.31 Å². The Morgan fingerprint density at radius 2 is 1.59 bits per heavy atom. The first kappa shape index (κ1) is 19.9. The van der Waals surface area contributed by atoms with Gasteiger partial charge in [0.25, 0.3) is 5.69 Å². The number of rotatable bonds is 4. The van der Waals surface area contributed by atoms with E-state index in [-0.39, 0.29) is 10.6 Å². The summed E-state index contributed by atoms with van der Waals surface area (Å²) in [6, 6.07) is 9.07. The molecule has 0 radical (unpaired) electrons. The van der Waals surface area contributed by atoms with Gasteiger partial charge in [0.15, 0.2) is 0 Å². The smallest absolute Gasteiger partial charge is 0.272 e. The van der Waals surface area contributed by atoms with Crippen LogP contribution in [0.2, 0.25) is 10.0 Å². The molecule has 0 bridgehead atoms. The van der Waals surface area contributed by atoms with Gasteiger partial charge in [0.05, 0.1) is 9.82 Å². The third-order valence-electron chi connectivity index (χ3n) is 4.45. The first-order valence-electron chi connectivity index (χ1n) is 8.15. The third-order valence-corrected chi connectivity index (χ3v) is 6.78. The number of nitrogens with zero attached hydrogens (tertiary/aromatic N) is 3. The average Bonchev–Trinajstić information content (AvgIpc) is 2.60. The van der Waals surface area contributed by atoms with Crippen LogP contribution in [0.5, 0.6) is 0 Å². The molecule has 27 heavy (non-hydrogen) atoms. The molecule has 0 aromatic heterocycles. The fourth-order valence-electron chi connectivity index (χ4n) is 3.05. The SMILES string of the molecule is Cc1cc(S(=O)(=O)N2CCN(c3cc(Cl)cc(Cl)c3)CC2)ccc1[N+](=O)[O-]. The first-order chi connectivity index (χ1) is 12.7. The molecular formula is C17H17Cl2N3O4S. The fraction of sp³-hybridized carbons (Fsp3) is 0.294. The van der Waals surface area contributed by atoms with Crippen LogP contribution < -0.4 is 4.90 Å². The summed E-state index contributed by atoms with van der Waals surface area (Å²) in [4.78, 5) is 12.5. The zero-order valence-corrected chi connectivity index (χ0v) is 16.8. The van der Waals surface area contributed by atoms with Crippen molar-refractivity contribution in [1.29, 1.82) is 0 Å². The lowest BCUT2D eigenvalue weighted by molar-refractivity contribution is -0.385. The zero-order chi connectivity index (χ0) is 19.8. The van der Waals surface area contributed by atoms with Crippen LogP contribution in [0.4, 0.5) is 11.4 Å². The van der Waals surface area contributed by atoms with E-state index < -0.39 is 14.9 Å². The lowest BCUT2D eigenvalue weighted by atomic mass is 10.2. The van der Waals surface area contributed by atoms with Crippen LogP contribution in [0.3, 0.4) is 0 Å². The average molecular weight is 430 g/mol. The third kappa shape index (κ3) is 4.19. The summed E-state index contributed by atoms with van der Waals surface area (Å²) in [5, 5.41) is 12.0. The van der Waals surface area contributed by atoms with Crippen LogP contribution in [0.15, 0.2) is 41.3 Å². The molecule has 0 saturated carbocycles. The minimum absolute atomic E-state index is 0.0600. The molecule has 0 N–H and O–H groups in total. The van der Waals surface area contributed by atoms with Gasteiger partial charge in [-0.1, -0.05) is 23.2 Å². The largest absolute Gasteiger partial charge is 0.369 e. The van der Waals surface area contributed by atoms with Crippen LogP contribution in [0.25, 0.3) is 0 Å². The van der Waals surface area contributed by atoms with E-state index in [0.717, 1.165) is 5.69 Å². The second-order valence-electron chi connectivity index (χ2n) is 6.22. The number of aryl methyl sites for hydroxylation is 1. The van der Waals surface area contributed by atoms with E-state index in [1.807, 2.05) is 4.90 Å². The highest BCUT2D eigenvalue weighted by Crippen LogP contribution is 2.28. The van der Waals surface area contributed by atoms with Gasteiger partial charge in [-0.05, 0) is 37.3 Å². The Hall–Kier alpha value is -1.87. The first-order valence-corrected chi connectivity index (χ1v) is 10.3. The normalized spacial score (nSPS) is 15.7. The molecule has 2 aromatic carbocycles. The van der Waals surface area contributed by atoms with Gasteiger partial charge in [-0.25, -0.2) is 8.42 Å². The van der Waals surface area contributed by atoms with Crippen molar-refractivity contribution < 1.29 is 13.3 Å². The number of nitro groups is 1. The molecule has 1 heterocycles. The molecule has 2 aromatic rings. The Balaban J connectivity index is 1.76. The highest BCUT2D eigenvalue weighted by atomic mass is 35.5. The van der Waals surface area contributed by atoms with E-state index in [1.54, 1.807) is 18.2 Å². The Bertz CT molecular complexity index is 969. The van der Waals surface area contributed by atoms with Crippen molar-refractivity contribution in [2.45, 2.75) is 11.8 Å². The number of nitro benzene ring substituents is 1. The summed E-state index contributed by atoms with van der Waals surface area (Å²) < 4.78 is 27.1. The second-order valence-corrected chi connectivity index (χ2v) is 9.03. The lowest BCUT2D eigenvalue weighted by Crippen LogP contribution is -2.48. The van der Waals surface area contributed by atoms with Crippen molar-refractivity contribution in [3.8, 4) is 0 Å². The maximum Gasteiger partial charge on any atom is 0.272 e. The molecule has 3 rings (SSSR count). The van der Waals surface area contributed by atoms with E-state index in [2.05, 4.69) is 0 Å². The number of hydrogen-bond acceptors (Lipinski definition) is 5. The molecule has 0 atom stereocenters. The second kappa shape index (κ2) is 7.63. The molecule has 0 amide bonds. The molecule has 0 aliphatic carbocycles. The lowest BCUT2D eigenvalue weighted by Gasteiger charge is -2.35. The maximum absolute atomic E-state index is 12.9. The number of piperazine rings is 1. The highest BCUT2D eigenvalue weighted by molar-refractivity contribution is 7.89. The van der Waals surface area contributed by atoms with Gasteiger partial charge in [0.2, 0.25) is 10.0 Å². The predicted molar refractivity (Wildman–Crippen MR) is 105 cm³/mol. The number of anilines is 1. The van der Waals surface area contributed by atoms with Crippen molar-refractivity contribution in [2.75, 3.05) is 31.1 Å². The van der Waals surface area contributed by atoms with Crippen LogP contribution in [0.1, 0.15) is 5.56 Å². The standard InChI is InChI=1S/C17H17Cl2N3O4S/c1-12-8-16(2-3-17(12)22(23)24)27(25,26)21-6-4-20(5-7-21)15-10-13(18)9-14(19)11-15/h2-3,8-11H,4-7H2,1H3. The summed E-state index contributed by atoms with van der Waals surface area (Å²) in [6.07, 6.45) is 0. The Labute approximate surface area is 167 Å². The van der Waals surface area contributed by atoms with Gasteiger partial charge in [-0.2, -0.15) is 4.31 Å². The number of halogens is 2. The molecule has 144 valence electrons. The summed E-state index contributed by atoms with van der Waals surface area (Å²) >= 11 is 12.1. The molecule has 1 aliphatic heterocycles. The van der Waals surface area contributed by atoms with Crippen LogP contribution in [0, 0.1) is 17.0 Å². The molecule has 0 unspecified atom stereocenters. The van der Waals surface area contributed by atoms with E-state index in [4.69, 9.17) is 23.2 Å². The van der Waals surface area contributed by atoms with Crippen LogP contribution >= 0.6 is 23.2 Å². The minimum Gasteiger partial charge on any atom is -0.369 e. The van der Waals surface area contributed by atoms with E-state index >= 15 is 0 Å². The molecule has 1 saturated heterocycles. The van der Waals surface area contributed by atoms with Crippen molar-refractivity contribution in [2.24, 2.45) is 0 Å². The molecule has 10 heteroatoms. The number of sulfonamides is 1. The van der Waals surface area contributed by atoms with E-state index in [9.17, 15) is 18.5 Å². The van der Waals surface area contributed by atoms with E-state index in [0.29, 0.717) is 41.8 Å². The molecule has 1 fully saturated rings. The topological polar surface area (TPSA) is 83.8 Å². The van der Waals surface area contributed by atoms with Gasteiger partial charge in [0.1, 0.15) is 0 Å². The fourth-order valence-corrected chi connectivity index (χ4v) is 5.07. The zero-order valence-electron chi connectivity index (χ0n) is 14.4. The van der Waals surface area contributed by atoms with Gasteiger partial charge in [0, 0.05) is 53.5 Å². The number of benzene rings is 2. The highest BCUT2D eigenvalue weighted by Gasteiger charge is 2.29. The van der Waals surface area contributed by atoms with Crippen LogP contribution in [-0.2, 0) is 10.0 Å². The number of hydrogen-bond donors (Lipinski definition) is 0. The van der Waals surface area contributed by atoms with E-state index in [1.165, 1.54) is 29.4 Å². The molecular weight excluding hydrogens is 413 g/mol. The van der Waals surface area contributed by atoms with Gasteiger partial charge < -0.3 is 4.90 Å². The predicted octanol–water partition coefficient (Wildman–Crippen LogP) is 3.72. The monoisotopic (exact) mass is 429 g/mol.